The Morgan fingerprint density at radius 3 is 2.67 bits per heavy atom. The molecule has 3 aromatic rings. The quantitative estimate of drug-likeness (QED) is 0.576. The maximum Gasteiger partial charge on any atom is 0.280 e. The standard InChI is InChI=1S/C20H14Cl2N2O3/c1-11(25)12-3-5-18-13(8-12)6-7-24(18)20(26)17-10-27-19(23-17)14-2-4-15(21)16(22)9-14/h2-5,8-10H,6-7H2,1H3. The van der Waals surface area contributed by atoms with E-state index in [1.807, 2.05) is 6.07 Å². The molecular formula is C20H14Cl2N2O3. The lowest BCUT2D eigenvalue weighted by atomic mass is 10.1. The van der Waals surface area contributed by atoms with Gasteiger partial charge >= 0.3 is 0 Å². The molecule has 2 aromatic carbocycles. The molecule has 0 unspecified atom stereocenters. The minimum absolute atomic E-state index is 0.00495. The number of halogens is 2. The molecule has 1 aliphatic heterocycles. The van der Waals surface area contributed by atoms with Crippen molar-refractivity contribution in [2.75, 3.05) is 11.4 Å². The van der Waals surface area contributed by atoms with Crippen molar-refractivity contribution < 1.29 is 14.0 Å². The Kier molecular flexibility index (Phi) is 4.50. The van der Waals surface area contributed by atoms with Crippen molar-refractivity contribution in [2.24, 2.45) is 0 Å². The minimum atomic E-state index is -0.251. The van der Waals surface area contributed by atoms with Crippen LogP contribution in [0.15, 0.2) is 47.1 Å². The Morgan fingerprint density at radius 2 is 1.93 bits per heavy atom. The average Bonchev–Trinajstić information content (AvgIpc) is 3.30. The van der Waals surface area contributed by atoms with E-state index in [0.717, 1.165) is 11.3 Å². The molecule has 0 atom stereocenters. The Labute approximate surface area is 165 Å². The van der Waals surface area contributed by atoms with Gasteiger partial charge in [0, 0.05) is 23.4 Å². The highest BCUT2D eigenvalue weighted by molar-refractivity contribution is 6.42. The molecule has 7 heteroatoms. The Balaban J connectivity index is 1.61. The van der Waals surface area contributed by atoms with Crippen LogP contribution in [-0.2, 0) is 6.42 Å². The summed E-state index contributed by atoms with van der Waals surface area (Å²) in [7, 11) is 0. The summed E-state index contributed by atoms with van der Waals surface area (Å²) >= 11 is 12.0. The van der Waals surface area contributed by atoms with E-state index < -0.39 is 0 Å². The SMILES string of the molecule is CC(=O)c1ccc2c(c1)CCN2C(=O)c1coc(-c2ccc(Cl)c(Cl)c2)n1. The number of hydrogen-bond acceptors (Lipinski definition) is 4. The number of fused-ring (bicyclic) bond motifs is 1. The summed E-state index contributed by atoms with van der Waals surface area (Å²) in [6, 6.07) is 10.4. The van der Waals surface area contributed by atoms with Gasteiger partial charge in [0.2, 0.25) is 5.89 Å². The van der Waals surface area contributed by atoms with E-state index in [1.54, 1.807) is 35.2 Å². The molecule has 0 spiro atoms. The fraction of sp³-hybridized carbons (Fsp3) is 0.150. The summed E-state index contributed by atoms with van der Waals surface area (Å²) in [6.45, 7) is 2.06. The number of rotatable bonds is 3. The third-order valence-corrected chi connectivity index (χ3v) is 5.26. The monoisotopic (exact) mass is 400 g/mol. The molecule has 136 valence electrons. The van der Waals surface area contributed by atoms with Gasteiger partial charge in [-0.3, -0.25) is 9.59 Å². The highest BCUT2D eigenvalue weighted by atomic mass is 35.5. The van der Waals surface area contributed by atoms with Crippen LogP contribution < -0.4 is 4.90 Å². The van der Waals surface area contributed by atoms with E-state index >= 15 is 0 Å². The first kappa shape index (κ1) is 17.8. The molecule has 0 saturated carbocycles. The van der Waals surface area contributed by atoms with Crippen molar-refractivity contribution in [1.82, 2.24) is 4.98 Å². The van der Waals surface area contributed by atoms with Crippen molar-refractivity contribution in [2.45, 2.75) is 13.3 Å². The van der Waals surface area contributed by atoms with Gasteiger partial charge in [-0.25, -0.2) is 4.98 Å². The summed E-state index contributed by atoms with van der Waals surface area (Å²) in [6.07, 6.45) is 2.03. The molecule has 0 fully saturated rings. The summed E-state index contributed by atoms with van der Waals surface area (Å²) in [5, 5.41) is 0.817. The number of aromatic nitrogens is 1. The van der Waals surface area contributed by atoms with Crippen LogP contribution in [0.2, 0.25) is 10.0 Å². The average molecular weight is 401 g/mol. The van der Waals surface area contributed by atoms with Gasteiger partial charge in [0.1, 0.15) is 6.26 Å². The van der Waals surface area contributed by atoms with Crippen LogP contribution >= 0.6 is 23.2 Å². The predicted molar refractivity (Wildman–Crippen MR) is 104 cm³/mol. The molecule has 1 aliphatic rings. The second-order valence-electron chi connectivity index (χ2n) is 6.27. The number of nitrogens with zero attached hydrogens (tertiary/aromatic N) is 2. The summed E-state index contributed by atoms with van der Waals surface area (Å²) in [5.41, 5.74) is 3.26. The molecule has 1 amide bonds. The zero-order chi connectivity index (χ0) is 19.1. The highest BCUT2D eigenvalue weighted by Gasteiger charge is 2.28. The molecule has 0 saturated heterocycles. The smallest absolute Gasteiger partial charge is 0.280 e. The Bertz CT molecular complexity index is 1070. The Hall–Kier alpha value is -2.63. The first-order valence-corrected chi connectivity index (χ1v) is 9.06. The van der Waals surface area contributed by atoms with Gasteiger partial charge in [-0.1, -0.05) is 23.2 Å². The second-order valence-corrected chi connectivity index (χ2v) is 7.09. The lowest BCUT2D eigenvalue weighted by molar-refractivity contribution is 0.0983. The number of hydrogen-bond donors (Lipinski definition) is 0. The maximum absolute atomic E-state index is 12.9. The fourth-order valence-electron chi connectivity index (χ4n) is 3.10. The zero-order valence-corrected chi connectivity index (χ0v) is 15.8. The van der Waals surface area contributed by atoms with Crippen molar-refractivity contribution in [1.29, 1.82) is 0 Å². The fourth-order valence-corrected chi connectivity index (χ4v) is 3.40. The Morgan fingerprint density at radius 1 is 1.11 bits per heavy atom. The first-order valence-electron chi connectivity index (χ1n) is 8.30. The van der Waals surface area contributed by atoms with Crippen LogP contribution in [0.5, 0.6) is 0 Å². The number of anilines is 1. The predicted octanol–water partition coefficient (Wildman–Crippen LogP) is 5.05. The van der Waals surface area contributed by atoms with Crippen LogP contribution in [-0.4, -0.2) is 23.2 Å². The molecular weight excluding hydrogens is 387 g/mol. The molecule has 5 nitrogen and oxygen atoms in total. The van der Waals surface area contributed by atoms with Crippen LogP contribution in [0, 0.1) is 0 Å². The molecule has 1 aromatic heterocycles. The van der Waals surface area contributed by atoms with E-state index in [2.05, 4.69) is 4.98 Å². The van der Waals surface area contributed by atoms with E-state index in [9.17, 15) is 9.59 Å². The number of oxazole rings is 1. The second kappa shape index (κ2) is 6.83. The van der Waals surface area contributed by atoms with E-state index in [-0.39, 0.29) is 17.4 Å². The maximum atomic E-state index is 12.9. The molecule has 0 aliphatic carbocycles. The minimum Gasteiger partial charge on any atom is -0.444 e. The van der Waals surface area contributed by atoms with Gasteiger partial charge in [0.05, 0.1) is 10.0 Å². The summed E-state index contributed by atoms with van der Waals surface area (Å²) in [5.74, 6) is 0.0491. The molecule has 0 N–H and O–H groups in total. The van der Waals surface area contributed by atoms with Crippen LogP contribution in [0.3, 0.4) is 0 Å². The number of benzene rings is 2. The van der Waals surface area contributed by atoms with Gasteiger partial charge in [-0.15, -0.1) is 0 Å². The van der Waals surface area contributed by atoms with Crippen LogP contribution in [0.4, 0.5) is 5.69 Å². The number of carbonyl (C=O) groups is 2. The normalized spacial score (nSPS) is 12.9. The van der Waals surface area contributed by atoms with Gasteiger partial charge in [0.15, 0.2) is 11.5 Å². The highest BCUT2D eigenvalue weighted by Crippen LogP contribution is 2.32. The van der Waals surface area contributed by atoms with Gasteiger partial charge in [0.25, 0.3) is 5.91 Å². The molecule has 0 bridgehead atoms. The summed E-state index contributed by atoms with van der Waals surface area (Å²) < 4.78 is 5.46. The molecule has 0 radical (unpaired) electrons. The number of ketones is 1. The van der Waals surface area contributed by atoms with Gasteiger partial charge in [-0.2, -0.15) is 0 Å². The van der Waals surface area contributed by atoms with Gasteiger partial charge < -0.3 is 9.32 Å². The van der Waals surface area contributed by atoms with Gasteiger partial charge in [-0.05, 0) is 55.3 Å². The largest absolute Gasteiger partial charge is 0.444 e. The molecule has 2 heterocycles. The van der Waals surface area contributed by atoms with Crippen LogP contribution in [0.25, 0.3) is 11.5 Å². The van der Waals surface area contributed by atoms with Crippen molar-refractivity contribution >= 4 is 40.6 Å². The van der Waals surface area contributed by atoms with E-state index in [1.165, 1.54) is 13.2 Å². The molecule has 27 heavy (non-hydrogen) atoms. The third-order valence-electron chi connectivity index (χ3n) is 4.52. The zero-order valence-electron chi connectivity index (χ0n) is 14.3. The lowest BCUT2D eigenvalue weighted by Crippen LogP contribution is -2.29. The van der Waals surface area contributed by atoms with Crippen molar-refractivity contribution in [3.05, 3.63) is 69.5 Å². The van der Waals surface area contributed by atoms with E-state index in [0.29, 0.717) is 40.0 Å². The first-order chi connectivity index (χ1) is 12.9. The number of amides is 1. The third kappa shape index (κ3) is 3.24. The molecule has 4 rings (SSSR count). The number of Topliss-reactive ketones (excluding diaryl/α,β-unsaturated/α-hetero) is 1. The van der Waals surface area contributed by atoms with Crippen molar-refractivity contribution in [3.8, 4) is 11.5 Å². The van der Waals surface area contributed by atoms with Crippen LogP contribution in [0.1, 0.15) is 33.3 Å². The summed E-state index contributed by atoms with van der Waals surface area (Å²) in [4.78, 5) is 30.4. The topological polar surface area (TPSA) is 63.4 Å². The lowest BCUT2D eigenvalue weighted by Gasteiger charge is -2.15. The number of carbonyl (C=O) groups excluding carboxylic acids is 2. The van der Waals surface area contributed by atoms with E-state index in [4.69, 9.17) is 27.6 Å². The van der Waals surface area contributed by atoms with Crippen molar-refractivity contribution in [3.63, 3.8) is 0 Å².